The summed E-state index contributed by atoms with van der Waals surface area (Å²) in [4.78, 5) is 11.3. The first-order valence-corrected chi connectivity index (χ1v) is 9.14. The summed E-state index contributed by atoms with van der Waals surface area (Å²) >= 11 is 0. The van der Waals surface area contributed by atoms with Gasteiger partial charge in [-0.15, -0.1) is 5.10 Å². The lowest BCUT2D eigenvalue weighted by Gasteiger charge is -2.35. The molecular formula is C18H21F3N6O4. The van der Waals surface area contributed by atoms with Crippen molar-refractivity contribution in [1.29, 1.82) is 0 Å². The van der Waals surface area contributed by atoms with Crippen molar-refractivity contribution in [1.82, 2.24) is 29.7 Å². The number of hydrogen-bond acceptors (Lipinski definition) is 7. The van der Waals surface area contributed by atoms with E-state index in [2.05, 4.69) is 20.3 Å². The van der Waals surface area contributed by atoms with Gasteiger partial charge in [-0.25, -0.2) is 9.48 Å². The number of nitrogens with zero attached hydrogens (tertiary/aromatic N) is 6. The zero-order chi connectivity index (χ0) is 22.6. The van der Waals surface area contributed by atoms with Gasteiger partial charge in [0.1, 0.15) is 5.69 Å². The first-order valence-electron chi connectivity index (χ1n) is 9.14. The minimum Gasteiger partial charge on any atom is -0.475 e. The fraction of sp³-hybridized carbons (Fsp3) is 0.444. The van der Waals surface area contributed by atoms with Crippen molar-refractivity contribution in [3.63, 3.8) is 0 Å². The van der Waals surface area contributed by atoms with Gasteiger partial charge in [-0.3, -0.25) is 9.58 Å². The lowest BCUT2D eigenvalue weighted by atomic mass is 10.1. The summed E-state index contributed by atoms with van der Waals surface area (Å²) in [6, 6.07) is 2.25. The van der Waals surface area contributed by atoms with Crippen LogP contribution in [0.5, 0.6) is 0 Å². The lowest BCUT2D eigenvalue weighted by Crippen LogP contribution is -2.45. The quantitative estimate of drug-likeness (QED) is 0.638. The van der Waals surface area contributed by atoms with Gasteiger partial charge in [-0.2, -0.15) is 18.3 Å². The number of aromatic nitrogens is 5. The Morgan fingerprint density at radius 3 is 2.71 bits per heavy atom. The third-order valence-electron chi connectivity index (χ3n) is 4.64. The van der Waals surface area contributed by atoms with Crippen molar-refractivity contribution in [2.75, 3.05) is 13.7 Å². The molecule has 1 aliphatic heterocycles. The van der Waals surface area contributed by atoms with E-state index >= 15 is 0 Å². The van der Waals surface area contributed by atoms with Gasteiger partial charge in [0, 0.05) is 44.6 Å². The Balaban J connectivity index is 0.000000339. The van der Waals surface area contributed by atoms with Crippen LogP contribution >= 0.6 is 0 Å². The third kappa shape index (κ3) is 5.49. The first kappa shape index (κ1) is 22.5. The molecule has 1 unspecified atom stereocenters. The van der Waals surface area contributed by atoms with Crippen molar-refractivity contribution in [3.8, 4) is 11.3 Å². The maximum atomic E-state index is 10.6. The van der Waals surface area contributed by atoms with E-state index in [1.165, 1.54) is 0 Å². The Labute approximate surface area is 174 Å². The van der Waals surface area contributed by atoms with Crippen LogP contribution in [-0.2, 0) is 36.2 Å². The number of carbonyl (C=O) groups is 1. The number of aliphatic carboxylic acids is 1. The smallest absolute Gasteiger partial charge is 0.475 e. The number of halogens is 3. The second kappa shape index (κ2) is 9.31. The second-order valence-corrected chi connectivity index (χ2v) is 6.92. The molecule has 1 atom stereocenters. The number of furan rings is 1. The van der Waals surface area contributed by atoms with Crippen LogP contribution in [-0.4, -0.2) is 66.7 Å². The van der Waals surface area contributed by atoms with E-state index in [1.807, 2.05) is 30.2 Å². The molecule has 3 aromatic rings. The molecule has 13 heteroatoms. The molecule has 31 heavy (non-hydrogen) atoms. The van der Waals surface area contributed by atoms with Crippen LogP contribution in [0, 0.1) is 0 Å². The number of methoxy groups -OCH3 is 1. The number of rotatable bonds is 5. The number of alkyl halides is 3. The van der Waals surface area contributed by atoms with Gasteiger partial charge in [0.2, 0.25) is 0 Å². The van der Waals surface area contributed by atoms with E-state index < -0.39 is 12.1 Å². The van der Waals surface area contributed by atoms with Gasteiger partial charge in [0.05, 0.1) is 43.6 Å². The first-order chi connectivity index (χ1) is 14.7. The molecule has 0 aromatic carbocycles. The molecule has 168 valence electrons. The Morgan fingerprint density at radius 1 is 1.42 bits per heavy atom. The average molecular weight is 442 g/mol. The van der Waals surface area contributed by atoms with Gasteiger partial charge < -0.3 is 14.3 Å². The van der Waals surface area contributed by atoms with Crippen molar-refractivity contribution in [2.24, 2.45) is 7.05 Å². The topological polar surface area (TPSA) is 111 Å². The molecule has 3 aromatic heterocycles. The van der Waals surface area contributed by atoms with Crippen LogP contribution in [0.4, 0.5) is 13.2 Å². The second-order valence-electron chi connectivity index (χ2n) is 6.92. The fourth-order valence-corrected chi connectivity index (χ4v) is 3.19. The van der Waals surface area contributed by atoms with Gasteiger partial charge in [0.15, 0.2) is 0 Å². The monoisotopic (exact) mass is 442 g/mol. The summed E-state index contributed by atoms with van der Waals surface area (Å²) < 4.78 is 46.1. The van der Waals surface area contributed by atoms with E-state index in [1.54, 1.807) is 24.3 Å². The van der Waals surface area contributed by atoms with Crippen LogP contribution in [0.15, 0.2) is 35.4 Å². The van der Waals surface area contributed by atoms with E-state index in [-0.39, 0.29) is 6.04 Å². The molecule has 10 nitrogen and oxygen atoms in total. The molecule has 0 saturated heterocycles. The van der Waals surface area contributed by atoms with Crippen molar-refractivity contribution >= 4 is 5.97 Å². The number of carboxylic acids is 1. The molecule has 0 spiro atoms. The van der Waals surface area contributed by atoms with Gasteiger partial charge >= 0.3 is 12.1 Å². The maximum Gasteiger partial charge on any atom is 0.490 e. The van der Waals surface area contributed by atoms with Crippen LogP contribution in [0.25, 0.3) is 11.3 Å². The predicted molar refractivity (Wildman–Crippen MR) is 99.5 cm³/mol. The molecule has 1 N–H and O–H groups in total. The van der Waals surface area contributed by atoms with E-state index in [0.717, 1.165) is 42.1 Å². The molecule has 4 heterocycles. The number of carboxylic acid groups (broad SMARTS) is 1. The normalized spacial score (nSPS) is 16.5. The number of ether oxygens (including phenoxy) is 1. The molecule has 0 saturated carbocycles. The minimum absolute atomic E-state index is 0.251. The van der Waals surface area contributed by atoms with Crippen molar-refractivity contribution in [3.05, 3.63) is 42.2 Å². The predicted octanol–water partition coefficient (Wildman–Crippen LogP) is 1.94. The summed E-state index contributed by atoms with van der Waals surface area (Å²) in [5.41, 5.74) is 4.15. The molecule has 0 aliphatic carbocycles. The molecule has 0 fully saturated rings. The molecular weight excluding hydrogens is 421 g/mol. The fourth-order valence-electron chi connectivity index (χ4n) is 3.19. The highest BCUT2D eigenvalue weighted by Crippen LogP contribution is 2.27. The highest BCUT2D eigenvalue weighted by Gasteiger charge is 2.38. The summed E-state index contributed by atoms with van der Waals surface area (Å²) in [7, 11) is 3.63. The largest absolute Gasteiger partial charge is 0.490 e. The van der Waals surface area contributed by atoms with E-state index in [0.29, 0.717) is 6.61 Å². The minimum atomic E-state index is -5.08. The summed E-state index contributed by atoms with van der Waals surface area (Å²) in [6.45, 7) is 2.98. The van der Waals surface area contributed by atoms with Gasteiger partial charge in [-0.05, 0) is 6.07 Å². The molecule has 1 aliphatic rings. The Kier molecular flexibility index (Phi) is 6.75. The summed E-state index contributed by atoms with van der Waals surface area (Å²) in [6.07, 6.45) is 2.20. The van der Waals surface area contributed by atoms with Crippen LogP contribution in [0.1, 0.15) is 11.3 Å². The maximum absolute atomic E-state index is 10.6. The SMILES string of the molecule is COCC1Cn2nnc(-c3cnn(C)c3)c2CN1Cc1ccoc1.O=C(O)C(F)(F)F. The highest BCUT2D eigenvalue weighted by molar-refractivity contribution is 5.73. The standard InChI is InChI=1S/C16H20N6O2.C2HF3O2/c1-20-7-13(5-17-20)16-15-9-21(6-12-3-4-24-10-12)14(11-23-2)8-22(15)19-18-16;3-2(4,5)1(6)7/h3-5,7,10,14H,6,8-9,11H2,1-2H3;(H,6,7). The number of hydrogen-bond donors (Lipinski definition) is 1. The zero-order valence-corrected chi connectivity index (χ0v) is 16.8. The summed E-state index contributed by atoms with van der Waals surface area (Å²) in [5, 5.41) is 20.1. The molecule has 0 amide bonds. The van der Waals surface area contributed by atoms with Crippen molar-refractivity contribution < 1.29 is 32.2 Å². The van der Waals surface area contributed by atoms with E-state index in [9.17, 15) is 13.2 Å². The third-order valence-corrected chi connectivity index (χ3v) is 4.64. The molecule has 4 rings (SSSR count). The Morgan fingerprint density at radius 2 is 2.16 bits per heavy atom. The van der Waals surface area contributed by atoms with Crippen molar-refractivity contribution in [2.45, 2.75) is 31.9 Å². The van der Waals surface area contributed by atoms with Crippen LogP contribution in [0.2, 0.25) is 0 Å². The Hall–Kier alpha value is -3.19. The molecule has 0 bridgehead atoms. The van der Waals surface area contributed by atoms with Crippen LogP contribution < -0.4 is 0 Å². The highest BCUT2D eigenvalue weighted by atomic mass is 19.4. The van der Waals surface area contributed by atoms with Crippen LogP contribution in [0.3, 0.4) is 0 Å². The van der Waals surface area contributed by atoms with Gasteiger partial charge in [-0.1, -0.05) is 5.21 Å². The summed E-state index contributed by atoms with van der Waals surface area (Å²) in [5.74, 6) is -2.76. The lowest BCUT2D eigenvalue weighted by molar-refractivity contribution is -0.192. The average Bonchev–Trinajstić information content (AvgIpc) is 3.43. The molecule has 0 radical (unpaired) electrons. The van der Waals surface area contributed by atoms with E-state index in [4.69, 9.17) is 19.1 Å². The van der Waals surface area contributed by atoms with Gasteiger partial charge in [0.25, 0.3) is 0 Å². The number of aryl methyl sites for hydroxylation is 1. The number of fused-ring (bicyclic) bond motifs is 1. The Bertz CT molecular complexity index is 999. The zero-order valence-electron chi connectivity index (χ0n) is 16.8.